The van der Waals surface area contributed by atoms with Crippen molar-refractivity contribution in [1.82, 2.24) is 15.3 Å². The van der Waals surface area contributed by atoms with E-state index in [1.54, 1.807) is 0 Å². The summed E-state index contributed by atoms with van der Waals surface area (Å²) in [5.74, 6) is 1.84. The number of nitrogens with zero attached hydrogens (tertiary/aromatic N) is 2. The van der Waals surface area contributed by atoms with E-state index in [0.29, 0.717) is 13.1 Å². The molecule has 1 aliphatic carbocycles. The van der Waals surface area contributed by atoms with Crippen LogP contribution in [0.15, 0.2) is 30.3 Å². The molecular weight excluding hydrogens is 324 g/mol. The van der Waals surface area contributed by atoms with Crippen LogP contribution >= 0.6 is 0 Å². The first-order chi connectivity index (χ1) is 12.7. The van der Waals surface area contributed by atoms with Crippen LogP contribution in [0.5, 0.6) is 0 Å². The molecule has 1 aromatic heterocycles. The molecule has 5 nitrogen and oxygen atoms in total. The molecule has 1 aromatic carbocycles. The zero-order valence-electron chi connectivity index (χ0n) is 15.7. The maximum Gasteiger partial charge on any atom is 0.227 e. The predicted molar refractivity (Wildman–Crippen MR) is 104 cm³/mol. The van der Waals surface area contributed by atoms with Gasteiger partial charge in [-0.05, 0) is 37.3 Å². The van der Waals surface area contributed by atoms with E-state index in [9.17, 15) is 4.79 Å². The van der Waals surface area contributed by atoms with E-state index in [0.717, 1.165) is 49.4 Å². The first-order valence-corrected chi connectivity index (χ1v) is 9.61. The second-order valence-corrected chi connectivity index (χ2v) is 6.92. The van der Waals surface area contributed by atoms with Gasteiger partial charge in [0.2, 0.25) is 5.91 Å². The van der Waals surface area contributed by atoms with E-state index in [2.05, 4.69) is 39.7 Å². The number of unbranched alkanes of at least 4 members (excludes halogenated alkanes) is 1. The number of anilines is 1. The number of fused-ring (bicyclic) bond motifs is 1. The quantitative estimate of drug-likeness (QED) is 0.715. The summed E-state index contributed by atoms with van der Waals surface area (Å²) in [4.78, 5) is 21.5. The predicted octanol–water partition coefficient (Wildman–Crippen LogP) is 3.39. The Kier molecular flexibility index (Phi) is 6.21. The van der Waals surface area contributed by atoms with Crippen molar-refractivity contribution in [3.8, 4) is 0 Å². The molecule has 1 amide bonds. The van der Waals surface area contributed by atoms with Crippen LogP contribution in [-0.4, -0.2) is 29.0 Å². The van der Waals surface area contributed by atoms with Gasteiger partial charge in [-0.2, -0.15) is 0 Å². The van der Waals surface area contributed by atoms with Crippen LogP contribution in [0.25, 0.3) is 0 Å². The molecule has 2 N–H and O–H groups in total. The van der Waals surface area contributed by atoms with Crippen molar-refractivity contribution in [3.05, 3.63) is 53.0 Å². The topological polar surface area (TPSA) is 66.9 Å². The largest absolute Gasteiger partial charge is 0.368 e. The Morgan fingerprint density at radius 2 is 2.08 bits per heavy atom. The Hall–Kier alpha value is -2.43. The number of hydrogen-bond donors (Lipinski definition) is 2. The van der Waals surface area contributed by atoms with Crippen LogP contribution in [0.3, 0.4) is 0 Å². The van der Waals surface area contributed by atoms with Crippen molar-refractivity contribution in [2.45, 2.75) is 51.9 Å². The highest BCUT2D eigenvalue weighted by Crippen LogP contribution is 2.32. The van der Waals surface area contributed by atoms with Crippen LogP contribution in [0.4, 0.5) is 5.82 Å². The minimum absolute atomic E-state index is 0.00635. The van der Waals surface area contributed by atoms with E-state index < -0.39 is 0 Å². The van der Waals surface area contributed by atoms with Gasteiger partial charge >= 0.3 is 0 Å². The molecule has 1 unspecified atom stereocenters. The van der Waals surface area contributed by atoms with Crippen molar-refractivity contribution in [1.29, 1.82) is 0 Å². The molecule has 0 aliphatic heterocycles. The van der Waals surface area contributed by atoms with Gasteiger partial charge in [0.25, 0.3) is 0 Å². The zero-order valence-corrected chi connectivity index (χ0v) is 15.7. The third-order valence-electron chi connectivity index (χ3n) is 4.83. The molecule has 0 saturated carbocycles. The summed E-state index contributed by atoms with van der Waals surface area (Å²) in [5.41, 5.74) is 3.46. The summed E-state index contributed by atoms with van der Waals surface area (Å²) in [7, 11) is 0. The summed E-state index contributed by atoms with van der Waals surface area (Å²) >= 11 is 0. The third-order valence-corrected chi connectivity index (χ3v) is 4.83. The van der Waals surface area contributed by atoms with Crippen molar-refractivity contribution in [2.75, 3.05) is 18.4 Å². The Morgan fingerprint density at radius 3 is 2.92 bits per heavy atom. The molecule has 0 spiro atoms. The highest BCUT2D eigenvalue weighted by atomic mass is 16.1. The maximum atomic E-state index is 12.5. The Balaban J connectivity index is 1.47. The number of amides is 1. The lowest BCUT2D eigenvalue weighted by Gasteiger charge is -2.13. The SMILES string of the molecule is CCCCc1nc(C)cc(NCCNC(=O)C2CCc3ccccc32)n1. The minimum atomic E-state index is -0.00635. The molecule has 0 bridgehead atoms. The van der Waals surface area contributed by atoms with Crippen LogP contribution in [0.1, 0.15) is 54.7 Å². The Labute approximate surface area is 155 Å². The number of aryl methyl sites for hydroxylation is 3. The van der Waals surface area contributed by atoms with Gasteiger partial charge in [-0.3, -0.25) is 4.79 Å². The van der Waals surface area contributed by atoms with E-state index in [1.165, 1.54) is 11.1 Å². The molecule has 0 fully saturated rings. The van der Waals surface area contributed by atoms with Crippen molar-refractivity contribution < 1.29 is 4.79 Å². The van der Waals surface area contributed by atoms with Crippen molar-refractivity contribution in [2.24, 2.45) is 0 Å². The molecule has 3 rings (SSSR count). The number of nitrogens with one attached hydrogen (secondary N) is 2. The zero-order chi connectivity index (χ0) is 18.4. The van der Waals surface area contributed by atoms with E-state index in [1.807, 2.05) is 25.1 Å². The molecule has 0 saturated heterocycles. The highest BCUT2D eigenvalue weighted by molar-refractivity contribution is 5.84. The third kappa shape index (κ3) is 4.59. The summed E-state index contributed by atoms with van der Waals surface area (Å²) in [6, 6.07) is 10.2. The van der Waals surface area contributed by atoms with Gasteiger partial charge in [-0.1, -0.05) is 37.6 Å². The summed E-state index contributed by atoms with van der Waals surface area (Å²) in [6.07, 6.45) is 5.04. The highest BCUT2D eigenvalue weighted by Gasteiger charge is 2.27. The lowest BCUT2D eigenvalue weighted by Crippen LogP contribution is -2.32. The molecular formula is C21H28N4O. The summed E-state index contributed by atoms with van der Waals surface area (Å²) in [5, 5.41) is 6.36. The van der Waals surface area contributed by atoms with Crippen LogP contribution in [0, 0.1) is 6.92 Å². The molecule has 5 heteroatoms. The van der Waals surface area contributed by atoms with E-state index >= 15 is 0 Å². The first kappa shape index (κ1) is 18.4. The summed E-state index contributed by atoms with van der Waals surface area (Å²) < 4.78 is 0. The average molecular weight is 352 g/mol. The van der Waals surface area contributed by atoms with Gasteiger partial charge in [0, 0.05) is 31.3 Å². The Morgan fingerprint density at radius 1 is 1.23 bits per heavy atom. The number of carbonyl (C=O) groups is 1. The van der Waals surface area contributed by atoms with Crippen LogP contribution in [0.2, 0.25) is 0 Å². The number of carbonyl (C=O) groups excluding carboxylic acids is 1. The fraction of sp³-hybridized carbons (Fsp3) is 0.476. The lowest BCUT2D eigenvalue weighted by atomic mass is 10.0. The summed E-state index contributed by atoms with van der Waals surface area (Å²) in [6.45, 7) is 5.40. The van der Waals surface area contributed by atoms with Gasteiger partial charge < -0.3 is 10.6 Å². The van der Waals surface area contributed by atoms with Crippen molar-refractivity contribution in [3.63, 3.8) is 0 Å². The van der Waals surface area contributed by atoms with Gasteiger partial charge in [-0.15, -0.1) is 0 Å². The lowest BCUT2D eigenvalue weighted by molar-refractivity contribution is -0.122. The van der Waals surface area contributed by atoms with Gasteiger partial charge in [0.05, 0.1) is 5.92 Å². The molecule has 138 valence electrons. The molecule has 1 heterocycles. The van der Waals surface area contributed by atoms with Gasteiger partial charge in [0.15, 0.2) is 0 Å². The number of aromatic nitrogens is 2. The number of rotatable bonds is 8. The second-order valence-electron chi connectivity index (χ2n) is 6.92. The monoisotopic (exact) mass is 352 g/mol. The first-order valence-electron chi connectivity index (χ1n) is 9.61. The van der Waals surface area contributed by atoms with Crippen molar-refractivity contribution >= 4 is 11.7 Å². The number of hydrogen-bond acceptors (Lipinski definition) is 4. The average Bonchev–Trinajstić information content (AvgIpc) is 3.07. The molecule has 1 atom stereocenters. The van der Waals surface area contributed by atoms with Gasteiger partial charge in [-0.25, -0.2) is 9.97 Å². The smallest absolute Gasteiger partial charge is 0.227 e. The molecule has 0 radical (unpaired) electrons. The number of benzene rings is 1. The molecule has 1 aliphatic rings. The van der Waals surface area contributed by atoms with Crippen LogP contribution in [-0.2, 0) is 17.6 Å². The molecule has 26 heavy (non-hydrogen) atoms. The standard InChI is InChI=1S/C21H28N4O/c1-3-4-9-19-24-15(2)14-20(25-19)22-12-13-23-21(26)18-11-10-16-7-5-6-8-17(16)18/h5-8,14,18H,3-4,9-13H2,1-2H3,(H,23,26)(H,22,24,25). The second kappa shape index (κ2) is 8.79. The van der Waals surface area contributed by atoms with Crippen LogP contribution < -0.4 is 10.6 Å². The fourth-order valence-corrected chi connectivity index (χ4v) is 3.50. The van der Waals surface area contributed by atoms with E-state index in [4.69, 9.17) is 0 Å². The Bertz CT molecular complexity index is 759. The minimum Gasteiger partial charge on any atom is -0.368 e. The van der Waals surface area contributed by atoms with Gasteiger partial charge in [0.1, 0.15) is 11.6 Å². The molecule has 2 aromatic rings. The normalized spacial score (nSPS) is 15.5. The van der Waals surface area contributed by atoms with E-state index in [-0.39, 0.29) is 11.8 Å². The fourth-order valence-electron chi connectivity index (χ4n) is 3.50. The maximum absolute atomic E-state index is 12.5.